The summed E-state index contributed by atoms with van der Waals surface area (Å²) in [5, 5.41) is 27.0. The molecular weight excluding hydrogens is 754 g/mol. The molecule has 0 aliphatic heterocycles. The van der Waals surface area contributed by atoms with Gasteiger partial charge >= 0.3 is 0 Å². The first-order valence-electron chi connectivity index (χ1n) is 20.0. The number of nitrogens with one attached hydrogen (secondary N) is 1. The van der Waals surface area contributed by atoms with Gasteiger partial charge in [-0.2, -0.15) is 9.97 Å². The van der Waals surface area contributed by atoms with Crippen molar-refractivity contribution in [2.75, 3.05) is 19.0 Å². The minimum Gasteiger partial charge on any atom is -0.479 e. The molecule has 2 aromatic heterocycles. The van der Waals surface area contributed by atoms with Gasteiger partial charge in [-0.15, -0.1) is 0 Å². The van der Waals surface area contributed by atoms with Crippen LogP contribution in [0.15, 0.2) is 188 Å². The molecule has 8 aromatic rings. The number of hydrogen-bond donors (Lipinski definition) is 3. The van der Waals surface area contributed by atoms with E-state index in [-0.39, 0.29) is 23.9 Å². The van der Waals surface area contributed by atoms with Crippen LogP contribution in [0.5, 0.6) is 5.88 Å². The van der Waals surface area contributed by atoms with Crippen molar-refractivity contribution in [3.8, 4) is 5.88 Å². The van der Waals surface area contributed by atoms with E-state index in [2.05, 4.69) is 46.7 Å². The maximum Gasteiger partial charge on any atom is 0.246 e. The van der Waals surface area contributed by atoms with Crippen LogP contribution in [-0.2, 0) is 15.9 Å². The Labute approximate surface area is 347 Å². The number of nitrogens with zero attached hydrogens (tertiary/aromatic N) is 4. The summed E-state index contributed by atoms with van der Waals surface area (Å²) in [5.41, 5.74) is 1.24. The lowest BCUT2D eigenvalue weighted by atomic mass is 9.77. The topological polar surface area (TPSA) is 115 Å². The van der Waals surface area contributed by atoms with Crippen LogP contribution in [0.2, 0.25) is 0 Å². The van der Waals surface area contributed by atoms with Gasteiger partial charge in [0.05, 0.1) is 26.1 Å². The Kier molecular flexibility index (Phi) is 10.4. The summed E-state index contributed by atoms with van der Waals surface area (Å²) in [5.74, 6) is 0.381. The molecule has 0 amide bonds. The van der Waals surface area contributed by atoms with E-state index in [1.54, 1.807) is 4.57 Å². The minimum atomic E-state index is -2.01. The van der Waals surface area contributed by atoms with E-state index in [4.69, 9.17) is 19.4 Å². The summed E-state index contributed by atoms with van der Waals surface area (Å²) in [6, 6.07) is 57.8. The number of aromatic nitrogens is 4. The van der Waals surface area contributed by atoms with Gasteiger partial charge in [-0.1, -0.05) is 182 Å². The van der Waals surface area contributed by atoms with Crippen LogP contribution in [0.25, 0.3) is 11.2 Å². The molecule has 2 heterocycles. The molecule has 0 saturated heterocycles. The van der Waals surface area contributed by atoms with Gasteiger partial charge in [0.15, 0.2) is 11.2 Å². The molecule has 4 atom stereocenters. The number of fused-ring (bicyclic) bond motifs is 1. The molecule has 1 aliphatic rings. The quantitative estimate of drug-likeness (QED) is 0.0995. The first-order valence-corrected chi connectivity index (χ1v) is 20.0. The highest BCUT2D eigenvalue weighted by Crippen LogP contribution is 2.50. The number of imidazole rings is 1. The number of rotatable bonds is 13. The maximum absolute atomic E-state index is 17.8. The van der Waals surface area contributed by atoms with Gasteiger partial charge < -0.3 is 29.6 Å². The third-order valence-electron chi connectivity index (χ3n) is 11.7. The first kappa shape index (κ1) is 38.8. The number of anilines is 1. The van der Waals surface area contributed by atoms with Crippen molar-refractivity contribution in [3.05, 3.63) is 222 Å². The lowest BCUT2D eigenvalue weighted by Crippen LogP contribution is -2.51. The summed E-state index contributed by atoms with van der Waals surface area (Å²) < 4.78 is 32.3. The summed E-state index contributed by atoms with van der Waals surface area (Å²) in [7, 11) is 1.50. The highest BCUT2D eigenvalue weighted by molar-refractivity contribution is 5.78. The summed E-state index contributed by atoms with van der Waals surface area (Å²) >= 11 is 0. The van der Waals surface area contributed by atoms with E-state index in [1.807, 2.05) is 146 Å². The Balaban J connectivity index is 1.17. The zero-order valence-electron chi connectivity index (χ0n) is 32.9. The SMILES string of the molecule is COc1nc(NC(c2ccccc2)(c2ccccc2)c2ccccc2)nc2c1ncn2[C@@H]1C[C@@](O)(CO)[C@@H](OC(c2ccccc2)(c2ccccc2)c2ccccc2)[C@@H]1F. The normalized spacial score (nSPS) is 19.3. The van der Waals surface area contributed by atoms with E-state index in [0.717, 1.165) is 33.4 Å². The van der Waals surface area contributed by atoms with Crippen LogP contribution in [0.1, 0.15) is 45.8 Å². The van der Waals surface area contributed by atoms with Crippen molar-refractivity contribution in [3.63, 3.8) is 0 Å². The number of ether oxygens (including phenoxy) is 2. The molecule has 0 radical (unpaired) electrons. The molecule has 1 fully saturated rings. The van der Waals surface area contributed by atoms with E-state index in [0.29, 0.717) is 5.52 Å². The minimum absolute atomic E-state index is 0.180. The van der Waals surface area contributed by atoms with Gasteiger partial charge in [0.25, 0.3) is 0 Å². The second-order valence-corrected chi connectivity index (χ2v) is 15.1. The molecule has 3 N–H and O–H groups in total. The lowest BCUT2D eigenvalue weighted by Gasteiger charge is -2.41. The Morgan fingerprint density at radius 1 is 0.667 bits per heavy atom. The van der Waals surface area contributed by atoms with Crippen LogP contribution in [0.3, 0.4) is 0 Å². The van der Waals surface area contributed by atoms with Gasteiger partial charge in [0.1, 0.15) is 29.0 Å². The predicted octanol–water partition coefficient (Wildman–Crippen LogP) is 8.62. The smallest absolute Gasteiger partial charge is 0.246 e. The van der Waals surface area contributed by atoms with Crippen molar-refractivity contribution >= 4 is 17.1 Å². The van der Waals surface area contributed by atoms with Crippen molar-refractivity contribution in [2.45, 2.75) is 41.5 Å². The summed E-state index contributed by atoms with van der Waals surface area (Å²) in [4.78, 5) is 14.5. The first-order chi connectivity index (χ1) is 29.4. The lowest BCUT2D eigenvalue weighted by molar-refractivity contribution is -0.168. The highest BCUT2D eigenvalue weighted by Gasteiger charge is 2.58. The number of aliphatic hydroxyl groups is 2. The Bertz CT molecular complexity index is 2460. The summed E-state index contributed by atoms with van der Waals surface area (Å²) in [6.07, 6.45) is -2.06. The van der Waals surface area contributed by atoms with Crippen molar-refractivity contribution in [1.82, 2.24) is 19.5 Å². The van der Waals surface area contributed by atoms with Gasteiger partial charge in [0, 0.05) is 6.42 Å². The fraction of sp³-hybridized carbons (Fsp3) is 0.180. The predicted molar refractivity (Wildman–Crippen MR) is 229 cm³/mol. The van der Waals surface area contributed by atoms with Crippen LogP contribution >= 0.6 is 0 Å². The molecule has 9 nitrogen and oxygen atoms in total. The van der Waals surface area contributed by atoms with E-state index in [9.17, 15) is 10.2 Å². The number of benzene rings is 6. The zero-order valence-corrected chi connectivity index (χ0v) is 32.9. The monoisotopic (exact) mass is 797 g/mol. The third kappa shape index (κ3) is 6.59. The van der Waals surface area contributed by atoms with Crippen LogP contribution in [0.4, 0.5) is 10.3 Å². The molecule has 0 bridgehead atoms. The van der Waals surface area contributed by atoms with Gasteiger partial charge in [-0.05, 0) is 33.4 Å². The van der Waals surface area contributed by atoms with Crippen LogP contribution in [-0.4, -0.2) is 61.3 Å². The largest absolute Gasteiger partial charge is 0.479 e. The molecule has 0 unspecified atom stereocenters. The fourth-order valence-corrected chi connectivity index (χ4v) is 8.86. The van der Waals surface area contributed by atoms with Crippen molar-refractivity contribution in [2.24, 2.45) is 0 Å². The molecule has 300 valence electrons. The number of methoxy groups -OCH3 is 1. The fourth-order valence-electron chi connectivity index (χ4n) is 8.86. The molecule has 0 spiro atoms. The zero-order chi connectivity index (χ0) is 41.2. The van der Waals surface area contributed by atoms with Crippen LogP contribution < -0.4 is 10.1 Å². The highest BCUT2D eigenvalue weighted by atomic mass is 19.1. The van der Waals surface area contributed by atoms with Gasteiger partial charge in [-0.25, -0.2) is 9.37 Å². The van der Waals surface area contributed by atoms with E-state index < -0.39 is 41.7 Å². The standard InChI is InChI=1S/C50H44FN5O4/c1-59-46-43-45(53-47(54-46)55-49(35-20-8-2-9-21-35,36-22-10-3-11-23-36)37-24-12-4-13-25-37)56(34-52-43)41-32-48(58,33-57)44(42(41)51)60-50(38-26-14-5-15-27-38,39-28-16-6-17-29-39)40-30-18-7-19-31-40/h2-31,34,41-42,44,57-58H,32-33H2,1H3,(H,53,54,55)/t41-,42-,44+,48-/m1/s1. The molecule has 10 heteroatoms. The van der Waals surface area contributed by atoms with Crippen molar-refractivity contribution < 1.29 is 24.1 Å². The average molecular weight is 798 g/mol. The third-order valence-corrected chi connectivity index (χ3v) is 11.7. The molecule has 6 aromatic carbocycles. The maximum atomic E-state index is 17.8. The summed E-state index contributed by atoms with van der Waals surface area (Å²) in [6.45, 7) is -0.755. The molecule has 9 rings (SSSR count). The van der Waals surface area contributed by atoms with Crippen molar-refractivity contribution in [1.29, 1.82) is 0 Å². The Morgan fingerprint density at radius 2 is 1.08 bits per heavy atom. The number of aliphatic hydroxyl groups excluding tert-OH is 1. The van der Waals surface area contributed by atoms with Crippen LogP contribution in [0, 0.1) is 0 Å². The molecule has 1 aliphatic carbocycles. The van der Waals surface area contributed by atoms with Gasteiger partial charge in [0.2, 0.25) is 11.8 Å². The second kappa shape index (κ2) is 16.1. The van der Waals surface area contributed by atoms with E-state index in [1.165, 1.54) is 13.4 Å². The Hall–Kier alpha value is -6.72. The number of alkyl halides is 1. The number of hydrogen-bond acceptors (Lipinski definition) is 8. The molecule has 60 heavy (non-hydrogen) atoms. The second-order valence-electron chi connectivity index (χ2n) is 15.1. The molecule has 1 saturated carbocycles. The Morgan fingerprint density at radius 3 is 1.48 bits per heavy atom. The van der Waals surface area contributed by atoms with Gasteiger partial charge in [-0.3, -0.25) is 0 Å². The molecular formula is C50H44FN5O4. The van der Waals surface area contributed by atoms with E-state index >= 15 is 4.39 Å². The number of halogens is 1. The average Bonchev–Trinajstić information content (AvgIpc) is 3.85.